The van der Waals surface area contributed by atoms with Gasteiger partial charge in [-0.1, -0.05) is 23.7 Å². The maximum Gasteiger partial charge on any atom is 0.266 e. The minimum atomic E-state index is -1.03. The first-order valence-electron chi connectivity index (χ1n) is 8.46. The number of hydrogen-bond acceptors (Lipinski definition) is 3. The van der Waals surface area contributed by atoms with Crippen molar-refractivity contribution in [3.8, 4) is 5.75 Å². The fourth-order valence-corrected chi connectivity index (χ4v) is 3.06. The molecular formula is C20H21ClFNO3. The molecule has 138 valence electrons. The second-order valence-corrected chi connectivity index (χ2v) is 7.16. The molecule has 1 aliphatic rings. The van der Waals surface area contributed by atoms with E-state index in [1.54, 1.807) is 55.1 Å². The van der Waals surface area contributed by atoms with E-state index >= 15 is 0 Å². The lowest BCUT2D eigenvalue weighted by Gasteiger charge is -2.37. The Bertz CT molecular complexity index is 762. The van der Waals surface area contributed by atoms with Crippen molar-refractivity contribution in [3.05, 3.63) is 64.9 Å². The Hall–Kier alpha value is -2.11. The standard InChI is InChI=1S/C20H21ClFNO3/c1-20(2,26-17-9-5-15(21)6-10-17)19(24)23-11-12-25-18(13-23)14-3-7-16(22)8-4-14/h3-10,18H,11-13H2,1-2H3. The Labute approximate surface area is 157 Å². The lowest BCUT2D eigenvalue weighted by Crippen LogP contribution is -2.53. The van der Waals surface area contributed by atoms with Crippen molar-refractivity contribution in [2.24, 2.45) is 0 Å². The van der Waals surface area contributed by atoms with Gasteiger partial charge in [-0.05, 0) is 55.8 Å². The highest BCUT2D eigenvalue weighted by Gasteiger charge is 2.37. The predicted octanol–water partition coefficient (Wildman–Crippen LogP) is 4.24. The molecule has 0 spiro atoms. The van der Waals surface area contributed by atoms with Crippen molar-refractivity contribution in [1.29, 1.82) is 0 Å². The molecular weight excluding hydrogens is 357 g/mol. The summed E-state index contributed by atoms with van der Waals surface area (Å²) < 4.78 is 24.8. The first-order valence-corrected chi connectivity index (χ1v) is 8.84. The van der Waals surface area contributed by atoms with Gasteiger partial charge in [-0.2, -0.15) is 0 Å². The quantitative estimate of drug-likeness (QED) is 0.800. The number of rotatable bonds is 4. The molecule has 26 heavy (non-hydrogen) atoms. The summed E-state index contributed by atoms with van der Waals surface area (Å²) in [4.78, 5) is 14.7. The van der Waals surface area contributed by atoms with Crippen LogP contribution in [0, 0.1) is 5.82 Å². The molecule has 0 saturated carbocycles. The van der Waals surface area contributed by atoms with Crippen LogP contribution >= 0.6 is 11.6 Å². The molecule has 1 aliphatic heterocycles. The molecule has 1 amide bonds. The number of hydrogen-bond donors (Lipinski definition) is 0. The third kappa shape index (κ3) is 4.34. The maximum atomic E-state index is 13.1. The van der Waals surface area contributed by atoms with Gasteiger partial charge in [0.2, 0.25) is 0 Å². The summed E-state index contributed by atoms with van der Waals surface area (Å²) in [6.07, 6.45) is -0.278. The molecule has 3 rings (SSSR count). The van der Waals surface area contributed by atoms with Crippen LogP contribution in [0.2, 0.25) is 5.02 Å². The van der Waals surface area contributed by atoms with Crippen LogP contribution < -0.4 is 4.74 Å². The molecule has 1 fully saturated rings. The smallest absolute Gasteiger partial charge is 0.266 e. The minimum Gasteiger partial charge on any atom is -0.478 e. The van der Waals surface area contributed by atoms with Crippen molar-refractivity contribution < 1.29 is 18.7 Å². The average molecular weight is 378 g/mol. The van der Waals surface area contributed by atoms with Crippen LogP contribution in [0.4, 0.5) is 4.39 Å². The summed E-state index contributed by atoms with van der Waals surface area (Å²) in [6, 6.07) is 13.1. The van der Waals surface area contributed by atoms with Gasteiger partial charge >= 0.3 is 0 Å². The monoisotopic (exact) mass is 377 g/mol. The summed E-state index contributed by atoms with van der Waals surface area (Å²) in [5.41, 5.74) is -0.182. The highest BCUT2D eigenvalue weighted by atomic mass is 35.5. The fourth-order valence-electron chi connectivity index (χ4n) is 2.93. The Morgan fingerprint density at radius 3 is 2.50 bits per heavy atom. The van der Waals surface area contributed by atoms with Gasteiger partial charge in [0.25, 0.3) is 5.91 Å². The molecule has 1 saturated heterocycles. The average Bonchev–Trinajstić information content (AvgIpc) is 2.63. The normalized spacial score (nSPS) is 17.8. The Morgan fingerprint density at radius 2 is 1.85 bits per heavy atom. The van der Waals surface area contributed by atoms with Crippen LogP contribution in [-0.2, 0) is 9.53 Å². The summed E-state index contributed by atoms with van der Waals surface area (Å²) in [6.45, 7) is 4.80. The molecule has 4 nitrogen and oxygen atoms in total. The van der Waals surface area contributed by atoms with Crippen molar-refractivity contribution >= 4 is 17.5 Å². The van der Waals surface area contributed by atoms with Crippen molar-refractivity contribution in [2.45, 2.75) is 25.6 Å². The minimum absolute atomic E-state index is 0.122. The Kier molecular flexibility index (Phi) is 5.49. The molecule has 1 heterocycles. The van der Waals surface area contributed by atoms with Gasteiger partial charge in [-0.15, -0.1) is 0 Å². The Balaban J connectivity index is 1.69. The zero-order valence-electron chi connectivity index (χ0n) is 14.7. The van der Waals surface area contributed by atoms with E-state index in [9.17, 15) is 9.18 Å². The van der Waals surface area contributed by atoms with Crippen LogP contribution in [0.1, 0.15) is 25.5 Å². The molecule has 2 aromatic rings. The first-order chi connectivity index (χ1) is 12.3. The summed E-state index contributed by atoms with van der Waals surface area (Å²) in [5.74, 6) is 0.161. The molecule has 0 aliphatic carbocycles. The fraction of sp³-hybridized carbons (Fsp3) is 0.350. The third-order valence-electron chi connectivity index (χ3n) is 4.30. The molecule has 6 heteroatoms. The summed E-state index contributed by atoms with van der Waals surface area (Å²) in [7, 11) is 0. The summed E-state index contributed by atoms with van der Waals surface area (Å²) in [5, 5.41) is 0.608. The van der Waals surface area contributed by atoms with Crippen LogP contribution in [0.3, 0.4) is 0 Å². The zero-order valence-corrected chi connectivity index (χ0v) is 15.5. The van der Waals surface area contributed by atoms with E-state index in [2.05, 4.69) is 0 Å². The molecule has 2 aromatic carbocycles. The van der Waals surface area contributed by atoms with Gasteiger partial charge in [0.15, 0.2) is 5.60 Å². The molecule has 1 atom stereocenters. The number of carbonyl (C=O) groups excluding carboxylic acids is 1. The second kappa shape index (κ2) is 7.64. The van der Waals surface area contributed by atoms with Crippen LogP contribution in [0.5, 0.6) is 5.75 Å². The number of nitrogens with zero attached hydrogens (tertiary/aromatic N) is 1. The van der Waals surface area contributed by atoms with E-state index < -0.39 is 5.60 Å². The van der Waals surface area contributed by atoms with E-state index in [4.69, 9.17) is 21.1 Å². The molecule has 0 bridgehead atoms. The van der Waals surface area contributed by atoms with E-state index in [1.807, 2.05) is 0 Å². The van der Waals surface area contributed by atoms with Crippen molar-refractivity contribution in [2.75, 3.05) is 19.7 Å². The molecule has 0 N–H and O–H groups in total. The number of halogens is 2. The van der Waals surface area contributed by atoms with E-state index in [-0.39, 0.29) is 17.8 Å². The van der Waals surface area contributed by atoms with Gasteiger partial charge in [0.1, 0.15) is 17.7 Å². The predicted molar refractivity (Wildman–Crippen MR) is 97.8 cm³/mol. The third-order valence-corrected chi connectivity index (χ3v) is 4.55. The topological polar surface area (TPSA) is 38.8 Å². The number of carbonyl (C=O) groups is 1. The highest BCUT2D eigenvalue weighted by molar-refractivity contribution is 6.30. The van der Waals surface area contributed by atoms with E-state index in [1.165, 1.54) is 12.1 Å². The lowest BCUT2D eigenvalue weighted by atomic mass is 10.0. The maximum absolute atomic E-state index is 13.1. The number of ether oxygens (including phenoxy) is 2. The van der Waals surface area contributed by atoms with Gasteiger partial charge in [0, 0.05) is 11.6 Å². The van der Waals surface area contributed by atoms with Gasteiger partial charge in [0.05, 0.1) is 13.2 Å². The zero-order chi connectivity index (χ0) is 18.7. The van der Waals surface area contributed by atoms with Gasteiger partial charge < -0.3 is 14.4 Å². The van der Waals surface area contributed by atoms with Gasteiger partial charge in [-0.3, -0.25) is 4.79 Å². The highest BCUT2D eigenvalue weighted by Crippen LogP contribution is 2.26. The van der Waals surface area contributed by atoms with E-state index in [0.717, 1.165) is 5.56 Å². The van der Waals surface area contributed by atoms with E-state index in [0.29, 0.717) is 30.5 Å². The number of benzene rings is 2. The van der Waals surface area contributed by atoms with Crippen molar-refractivity contribution in [3.63, 3.8) is 0 Å². The van der Waals surface area contributed by atoms with Gasteiger partial charge in [-0.25, -0.2) is 4.39 Å². The number of amides is 1. The van der Waals surface area contributed by atoms with Crippen molar-refractivity contribution in [1.82, 2.24) is 4.90 Å². The molecule has 1 unspecified atom stereocenters. The van der Waals surface area contributed by atoms with Crippen LogP contribution in [0.15, 0.2) is 48.5 Å². The number of morpholine rings is 1. The van der Waals surface area contributed by atoms with Crippen LogP contribution in [0.25, 0.3) is 0 Å². The lowest BCUT2D eigenvalue weighted by molar-refractivity contribution is -0.153. The molecule has 0 radical (unpaired) electrons. The van der Waals surface area contributed by atoms with Crippen LogP contribution in [-0.4, -0.2) is 36.1 Å². The Morgan fingerprint density at radius 1 is 1.19 bits per heavy atom. The largest absolute Gasteiger partial charge is 0.478 e. The molecule has 0 aromatic heterocycles. The first kappa shape index (κ1) is 18.7. The second-order valence-electron chi connectivity index (χ2n) is 6.73. The summed E-state index contributed by atoms with van der Waals surface area (Å²) >= 11 is 5.88. The SMILES string of the molecule is CC(C)(Oc1ccc(Cl)cc1)C(=O)N1CCOC(c2ccc(F)cc2)C1.